The van der Waals surface area contributed by atoms with Crippen LogP contribution in [-0.2, 0) is 13.1 Å². The summed E-state index contributed by atoms with van der Waals surface area (Å²) in [7, 11) is 0. The zero-order valence-corrected chi connectivity index (χ0v) is 18.0. The molecule has 0 fully saturated rings. The zero-order chi connectivity index (χ0) is 21.1. The Balaban J connectivity index is 1.67. The van der Waals surface area contributed by atoms with Crippen LogP contribution in [0.2, 0.25) is 5.02 Å². The van der Waals surface area contributed by atoms with E-state index in [9.17, 15) is 9.59 Å². The average Bonchev–Trinajstić information content (AvgIpc) is 2.77. The van der Waals surface area contributed by atoms with Gasteiger partial charge < -0.3 is 5.32 Å². The first-order valence-corrected chi connectivity index (χ1v) is 10.3. The maximum Gasteiger partial charge on any atom is 0.274 e. The number of hydrogen-bond donors (Lipinski definition) is 1. The summed E-state index contributed by atoms with van der Waals surface area (Å²) in [6, 6.07) is 16.0. The Labute approximate surface area is 185 Å². The summed E-state index contributed by atoms with van der Waals surface area (Å²) in [5, 5.41) is 8.97. The number of carbonyl (C=O) groups is 1. The van der Waals surface area contributed by atoms with Crippen molar-refractivity contribution in [3.8, 4) is 0 Å². The molecule has 4 aromatic rings. The summed E-state index contributed by atoms with van der Waals surface area (Å²) in [5.74, 6) is -0.322. The molecule has 150 valence electrons. The first kappa shape index (κ1) is 20.3. The van der Waals surface area contributed by atoms with E-state index in [4.69, 9.17) is 11.6 Å². The number of aromatic nitrogens is 3. The van der Waals surface area contributed by atoms with E-state index >= 15 is 0 Å². The molecule has 4 rings (SSSR count). The number of nitrogens with one attached hydrogen (secondary N) is 1. The number of halogens is 2. The van der Waals surface area contributed by atoms with E-state index in [1.807, 2.05) is 30.3 Å². The minimum Gasteiger partial charge on any atom is -0.346 e. The maximum atomic E-state index is 12.9. The Kier molecular flexibility index (Phi) is 5.92. The quantitative estimate of drug-likeness (QED) is 0.462. The van der Waals surface area contributed by atoms with Crippen molar-refractivity contribution in [2.75, 3.05) is 0 Å². The molecular weight excluding hydrogens is 468 g/mol. The van der Waals surface area contributed by atoms with Crippen LogP contribution >= 0.6 is 27.5 Å². The van der Waals surface area contributed by atoms with Crippen LogP contribution in [0.15, 0.2) is 76.3 Å². The lowest BCUT2D eigenvalue weighted by Crippen LogP contribution is -2.29. The van der Waals surface area contributed by atoms with E-state index in [0.29, 0.717) is 27.1 Å². The summed E-state index contributed by atoms with van der Waals surface area (Å²) >= 11 is 9.50. The van der Waals surface area contributed by atoms with E-state index in [-0.39, 0.29) is 24.6 Å². The Morgan fingerprint density at radius 2 is 1.90 bits per heavy atom. The van der Waals surface area contributed by atoms with Gasteiger partial charge in [0.1, 0.15) is 0 Å². The first-order valence-electron chi connectivity index (χ1n) is 9.14. The molecule has 8 heteroatoms. The van der Waals surface area contributed by atoms with Gasteiger partial charge in [0, 0.05) is 22.3 Å². The van der Waals surface area contributed by atoms with Gasteiger partial charge >= 0.3 is 0 Å². The zero-order valence-electron chi connectivity index (χ0n) is 15.7. The topological polar surface area (TPSA) is 76.9 Å². The second kappa shape index (κ2) is 8.77. The van der Waals surface area contributed by atoms with Gasteiger partial charge in [0.25, 0.3) is 11.5 Å². The van der Waals surface area contributed by atoms with Crippen molar-refractivity contribution in [2.45, 2.75) is 13.1 Å². The van der Waals surface area contributed by atoms with Crippen LogP contribution in [0.1, 0.15) is 21.6 Å². The molecule has 2 aromatic carbocycles. The third kappa shape index (κ3) is 4.27. The SMILES string of the molecule is O=C(NCc1nn(Cc2cccnc2)c(=O)c2ccccc12)c1cc(Br)ccc1Cl. The largest absolute Gasteiger partial charge is 0.346 e. The highest BCUT2D eigenvalue weighted by Gasteiger charge is 2.14. The number of hydrogen-bond acceptors (Lipinski definition) is 4. The molecule has 2 heterocycles. The van der Waals surface area contributed by atoms with Crippen LogP contribution < -0.4 is 10.9 Å². The second-order valence-electron chi connectivity index (χ2n) is 6.62. The van der Waals surface area contributed by atoms with Gasteiger partial charge in [-0.1, -0.05) is 51.8 Å². The first-order chi connectivity index (χ1) is 14.5. The summed E-state index contributed by atoms with van der Waals surface area (Å²) in [6.45, 7) is 0.436. The fourth-order valence-electron chi connectivity index (χ4n) is 3.14. The Bertz CT molecular complexity index is 1290. The Morgan fingerprint density at radius 1 is 1.10 bits per heavy atom. The van der Waals surface area contributed by atoms with Crippen LogP contribution in [0, 0.1) is 0 Å². The molecule has 1 N–H and O–H groups in total. The molecule has 0 radical (unpaired) electrons. The van der Waals surface area contributed by atoms with Crippen molar-refractivity contribution in [3.63, 3.8) is 0 Å². The van der Waals surface area contributed by atoms with Crippen molar-refractivity contribution in [3.05, 3.63) is 104 Å². The van der Waals surface area contributed by atoms with Crippen LogP contribution in [-0.4, -0.2) is 20.7 Å². The van der Waals surface area contributed by atoms with Crippen molar-refractivity contribution in [1.29, 1.82) is 0 Å². The summed E-state index contributed by atoms with van der Waals surface area (Å²) in [5.41, 5.74) is 1.62. The molecule has 0 spiro atoms. The molecule has 30 heavy (non-hydrogen) atoms. The molecule has 0 aliphatic rings. The Morgan fingerprint density at radius 3 is 2.67 bits per heavy atom. The van der Waals surface area contributed by atoms with E-state index in [0.717, 1.165) is 10.0 Å². The molecule has 0 saturated carbocycles. The Hall–Kier alpha value is -3.03. The van der Waals surface area contributed by atoms with Gasteiger partial charge in [-0.2, -0.15) is 5.10 Å². The highest BCUT2D eigenvalue weighted by molar-refractivity contribution is 9.10. The minimum absolute atomic E-state index is 0.148. The standard InChI is InChI=1S/C22H16BrClN4O2/c23-15-7-8-19(24)18(10-15)21(29)26-12-20-16-5-1-2-6-17(16)22(30)28(27-20)13-14-4-3-9-25-11-14/h1-11H,12-13H2,(H,26,29). The van der Waals surface area contributed by atoms with Crippen molar-refractivity contribution in [1.82, 2.24) is 20.1 Å². The van der Waals surface area contributed by atoms with Crippen molar-refractivity contribution < 1.29 is 4.79 Å². The summed E-state index contributed by atoms with van der Waals surface area (Å²) < 4.78 is 2.15. The third-order valence-electron chi connectivity index (χ3n) is 4.59. The molecule has 0 unspecified atom stereocenters. The maximum absolute atomic E-state index is 12.9. The van der Waals surface area contributed by atoms with Crippen LogP contribution in [0.5, 0.6) is 0 Å². The molecule has 0 aliphatic carbocycles. The molecule has 0 atom stereocenters. The summed E-state index contributed by atoms with van der Waals surface area (Å²) in [4.78, 5) is 29.6. The van der Waals surface area contributed by atoms with E-state index in [2.05, 4.69) is 31.3 Å². The molecule has 0 bridgehead atoms. The van der Waals surface area contributed by atoms with Gasteiger partial charge in [-0.25, -0.2) is 4.68 Å². The van der Waals surface area contributed by atoms with E-state index in [1.165, 1.54) is 4.68 Å². The number of rotatable bonds is 5. The lowest BCUT2D eigenvalue weighted by atomic mass is 10.1. The average molecular weight is 484 g/mol. The predicted octanol–water partition coefficient (Wildman–Crippen LogP) is 4.19. The molecule has 6 nitrogen and oxygen atoms in total. The van der Waals surface area contributed by atoms with E-state index < -0.39 is 0 Å². The second-order valence-corrected chi connectivity index (χ2v) is 7.95. The fourth-order valence-corrected chi connectivity index (χ4v) is 3.70. The highest BCUT2D eigenvalue weighted by atomic mass is 79.9. The fraction of sp³-hybridized carbons (Fsp3) is 0.0909. The number of benzene rings is 2. The normalized spacial score (nSPS) is 10.9. The predicted molar refractivity (Wildman–Crippen MR) is 120 cm³/mol. The monoisotopic (exact) mass is 482 g/mol. The van der Waals surface area contributed by atoms with Gasteiger partial charge in [0.2, 0.25) is 0 Å². The highest BCUT2D eigenvalue weighted by Crippen LogP contribution is 2.21. The lowest BCUT2D eigenvalue weighted by molar-refractivity contribution is 0.0950. The molecule has 0 saturated heterocycles. The number of fused-ring (bicyclic) bond motifs is 1. The van der Waals surface area contributed by atoms with Crippen molar-refractivity contribution in [2.24, 2.45) is 0 Å². The number of carbonyl (C=O) groups excluding carboxylic acids is 1. The molecule has 2 aromatic heterocycles. The molecule has 0 aliphatic heterocycles. The smallest absolute Gasteiger partial charge is 0.274 e. The molecule has 1 amide bonds. The van der Waals surface area contributed by atoms with Crippen molar-refractivity contribution >= 4 is 44.2 Å². The van der Waals surface area contributed by atoms with Crippen LogP contribution in [0.3, 0.4) is 0 Å². The van der Waals surface area contributed by atoms with Crippen LogP contribution in [0.4, 0.5) is 0 Å². The summed E-state index contributed by atoms with van der Waals surface area (Å²) in [6.07, 6.45) is 3.37. The van der Waals surface area contributed by atoms with Gasteiger partial charge in [0.15, 0.2) is 0 Å². The molecular formula is C22H16BrClN4O2. The number of amides is 1. The third-order valence-corrected chi connectivity index (χ3v) is 5.41. The van der Waals surface area contributed by atoms with Gasteiger partial charge in [-0.05, 0) is 35.9 Å². The van der Waals surface area contributed by atoms with Gasteiger partial charge in [-0.3, -0.25) is 14.6 Å². The number of nitrogens with zero attached hydrogens (tertiary/aromatic N) is 3. The minimum atomic E-state index is -0.322. The van der Waals surface area contributed by atoms with Crippen LogP contribution in [0.25, 0.3) is 10.8 Å². The van der Waals surface area contributed by atoms with Gasteiger partial charge in [0.05, 0.1) is 34.8 Å². The lowest BCUT2D eigenvalue weighted by Gasteiger charge is -2.12. The van der Waals surface area contributed by atoms with E-state index in [1.54, 1.807) is 36.7 Å². The van der Waals surface area contributed by atoms with Gasteiger partial charge in [-0.15, -0.1) is 0 Å². The number of pyridine rings is 1.